The van der Waals surface area contributed by atoms with E-state index in [2.05, 4.69) is 48.5 Å². The van der Waals surface area contributed by atoms with Crippen LogP contribution in [0.15, 0.2) is 54.6 Å². The van der Waals surface area contributed by atoms with E-state index in [1.54, 1.807) is 0 Å². The van der Waals surface area contributed by atoms with Crippen molar-refractivity contribution in [3.63, 3.8) is 0 Å². The standard InChI is InChI=1S/C16H18O/c1-2-17-13-12-14-8-10-16(11-9-14)15-6-4-3-5-7-15/h3-11H,2,12-13H2,1H3. The van der Waals surface area contributed by atoms with Crippen LogP contribution in [0.5, 0.6) is 0 Å². The highest BCUT2D eigenvalue weighted by atomic mass is 16.5. The second-order valence-electron chi connectivity index (χ2n) is 4.01. The molecule has 1 nitrogen and oxygen atoms in total. The molecule has 17 heavy (non-hydrogen) atoms. The van der Waals surface area contributed by atoms with E-state index in [9.17, 15) is 0 Å². The molecule has 0 aromatic heterocycles. The van der Waals surface area contributed by atoms with E-state index in [1.165, 1.54) is 16.7 Å². The van der Waals surface area contributed by atoms with Crippen molar-refractivity contribution in [3.8, 4) is 11.1 Å². The largest absolute Gasteiger partial charge is 0.381 e. The summed E-state index contributed by atoms with van der Waals surface area (Å²) in [5, 5.41) is 0. The first kappa shape index (κ1) is 11.9. The Bertz CT molecular complexity index is 431. The number of ether oxygens (including phenoxy) is 1. The van der Waals surface area contributed by atoms with E-state index >= 15 is 0 Å². The van der Waals surface area contributed by atoms with Crippen LogP contribution in [-0.2, 0) is 11.2 Å². The van der Waals surface area contributed by atoms with E-state index in [-0.39, 0.29) is 0 Å². The van der Waals surface area contributed by atoms with E-state index in [4.69, 9.17) is 4.74 Å². The molecule has 1 heteroatoms. The minimum atomic E-state index is 0.794. The monoisotopic (exact) mass is 226 g/mol. The van der Waals surface area contributed by atoms with Crippen LogP contribution in [-0.4, -0.2) is 13.2 Å². The van der Waals surface area contributed by atoms with Gasteiger partial charge in [0.15, 0.2) is 0 Å². The Kier molecular flexibility index (Phi) is 4.34. The predicted octanol–water partition coefficient (Wildman–Crippen LogP) is 3.93. The van der Waals surface area contributed by atoms with Gasteiger partial charge in [-0.2, -0.15) is 0 Å². The quantitative estimate of drug-likeness (QED) is 0.702. The summed E-state index contributed by atoms with van der Waals surface area (Å²) in [7, 11) is 0. The van der Waals surface area contributed by atoms with Crippen molar-refractivity contribution in [3.05, 3.63) is 60.2 Å². The Labute approximate surface area is 103 Å². The highest BCUT2D eigenvalue weighted by molar-refractivity contribution is 5.63. The fraction of sp³-hybridized carbons (Fsp3) is 0.250. The van der Waals surface area contributed by atoms with Gasteiger partial charge in [0.2, 0.25) is 0 Å². The minimum Gasteiger partial charge on any atom is -0.381 e. The van der Waals surface area contributed by atoms with Gasteiger partial charge in [-0.05, 0) is 30.0 Å². The lowest BCUT2D eigenvalue weighted by Crippen LogP contribution is -1.97. The molecule has 0 atom stereocenters. The fourth-order valence-corrected chi connectivity index (χ4v) is 1.83. The topological polar surface area (TPSA) is 9.23 Å². The molecule has 0 heterocycles. The van der Waals surface area contributed by atoms with Crippen LogP contribution < -0.4 is 0 Å². The van der Waals surface area contributed by atoms with Crippen LogP contribution in [0, 0.1) is 0 Å². The lowest BCUT2D eigenvalue weighted by molar-refractivity contribution is 0.151. The third kappa shape index (κ3) is 3.43. The van der Waals surface area contributed by atoms with E-state index < -0.39 is 0 Å². The van der Waals surface area contributed by atoms with Gasteiger partial charge in [-0.1, -0.05) is 54.6 Å². The van der Waals surface area contributed by atoms with Crippen molar-refractivity contribution in [2.45, 2.75) is 13.3 Å². The minimum absolute atomic E-state index is 0.794. The zero-order valence-electron chi connectivity index (χ0n) is 10.2. The molecule has 0 bridgehead atoms. The summed E-state index contributed by atoms with van der Waals surface area (Å²) < 4.78 is 5.35. The van der Waals surface area contributed by atoms with Crippen LogP contribution in [0.25, 0.3) is 11.1 Å². The number of hydrogen-bond acceptors (Lipinski definition) is 1. The number of hydrogen-bond donors (Lipinski definition) is 0. The molecule has 0 fully saturated rings. The summed E-state index contributed by atoms with van der Waals surface area (Å²) in [5.41, 5.74) is 3.87. The highest BCUT2D eigenvalue weighted by Crippen LogP contribution is 2.19. The average Bonchev–Trinajstić information content (AvgIpc) is 2.41. The lowest BCUT2D eigenvalue weighted by Gasteiger charge is -2.04. The molecule has 0 radical (unpaired) electrons. The molecule has 88 valence electrons. The summed E-state index contributed by atoms with van der Waals surface area (Å²) in [5.74, 6) is 0. The highest BCUT2D eigenvalue weighted by Gasteiger charge is 1.97. The van der Waals surface area contributed by atoms with Crippen LogP contribution in [0.1, 0.15) is 12.5 Å². The molecule has 2 rings (SSSR count). The zero-order chi connectivity index (χ0) is 11.9. The molecule has 2 aromatic rings. The van der Waals surface area contributed by atoms with Gasteiger partial charge in [0, 0.05) is 6.61 Å². The number of benzene rings is 2. The average molecular weight is 226 g/mol. The Hall–Kier alpha value is -1.60. The Morgan fingerprint density at radius 2 is 1.47 bits per heavy atom. The van der Waals surface area contributed by atoms with Gasteiger partial charge in [0.05, 0.1) is 6.61 Å². The number of rotatable bonds is 5. The third-order valence-electron chi connectivity index (χ3n) is 2.80. The maximum atomic E-state index is 5.35. The van der Waals surface area contributed by atoms with Crippen molar-refractivity contribution < 1.29 is 4.74 Å². The molecule has 0 aliphatic carbocycles. The molecule has 0 saturated carbocycles. The van der Waals surface area contributed by atoms with Gasteiger partial charge < -0.3 is 4.74 Å². The van der Waals surface area contributed by atoms with Crippen LogP contribution in [0.4, 0.5) is 0 Å². The normalized spacial score (nSPS) is 10.4. The van der Waals surface area contributed by atoms with Crippen molar-refractivity contribution in [2.75, 3.05) is 13.2 Å². The molecule has 0 unspecified atom stereocenters. The van der Waals surface area contributed by atoms with Crippen LogP contribution in [0.3, 0.4) is 0 Å². The summed E-state index contributed by atoms with van der Waals surface area (Å²) in [6, 6.07) is 19.2. The molecular weight excluding hydrogens is 208 g/mol. The summed E-state index contributed by atoms with van der Waals surface area (Å²) in [6.07, 6.45) is 0.989. The van der Waals surface area contributed by atoms with Crippen molar-refractivity contribution in [2.24, 2.45) is 0 Å². The first-order valence-electron chi connectivity index (χ1n) is 6.12. The third-order valence-corrected chi connectivity index (χ3v) is 2.80. The maximum absolute atomic E-state index is 5.35. The van der Waals surface area contributed by atoms with E-state index in [0.29, 0.717) is 0 Å². The molecule has 0 aliphatic heterocycles. The molecule has 0 N–H and O–H groups in total. The van der Waals surface area contributed by atoms with Crippen molar-refractivity contribution in [1.82, 2.24) is 0 Å². The Morgan fingerprint density at radius 1 is 0.824 bits per heavy atom. The van der Waals surface area contributed by atoms with Crippen molar-refractivity contribution in [1.29, 1.82) is 0 Å². The zero-order valence-corrected chi connectivity index (χ0v) is 10.2. The van der Waals surface area contributed by atoms with Crippen molar-refractivity contribution >= 4 is 0 Å². The lowest BCUT2D eigenvalue weighted by atomic mass is 10.0. The fourth-order valence-electron chi connectivity index (χ4n) is 1.83. The molecule has 0 spiro atoms. The van der Waals surface area contributed by atoms with Gasteiger partial charge in [0.25, 0.3) is 0 Å². The Morgan fingerprint density at radius 3 is 2.12 bits per heavy atom. The molecule has 0 amide bonds. The first-order chi connectivity index (χ1) is 8.40. The van der Waals surface area contributed by atoms with Gasteiger partial charge in [-0.15, -0.1) is 0 Å². The molecule has 2 aromatic carbocycles. The maximum Gasteiger partial charge on any atom is 0.0506 e. The Balaban J connectivity index is 2.03. The van der Waals surface area contributed by atoms with E-state index in [1.807, 2.05) is 13.0 Å². The molecule has 0 saturated heterocycles. The summed E-state index contributed by atoms with van der Waals surface area (Å²) in [4.78, 5) is 0. The van der Waals surface area contributed by atoms with E-state index in [0.717, 1.165) is 19.6 Å². The van der Waals surface area contributed by atoms with Crippen LogP contribution in [0.2, 0.25) is 0 Å². The van der Waals surface area contributed by atoms with Crippen LogP contribution >= 0.6 is 0 Å². The smallest absolute Gasteiger partial charge is 0.0506 e. The summed E-state index contributed by atoms with van der Waals surface area (Å²) >= 11 is 0. The van der Waals surface area contributed by atoms with Gasteiger partial charge in [-0.25, -0.2) is 0 Å². The molecular formula is C16H18O. The SMILES string of the molecule is CCOCCc1ccc(-c2ccccc2)cc1. The molecule has 0 aliphatic rings. The predicted molar refractivity (Wildman–Crippen MR) is 72.1 cm³/mol. The van der Waals surface area contributed by atoms with Gasteiger partial charge in [0.1, 0.15) is 0 Å². The van der Waals surface area contributed by atoms with Gasteiger partial charge in [-0.3, -0.25) is 0 Å². The second kappa shape index (κ2) is 6.21. The first-order valence-corrected chi connectivity index (χ1v) is 6.12. The second-order valence-corrected chi connectivity index (χ2v) is 4.01. The van der Waals surface area contributed by atoms with Gasteiger partial charge >= 0.3 is 0 Å². The summed E-state index contributed by atoms with van der Waals surface area (Å²) in [6.45, 7) is 3.63.